The van der Waals surface area contributed by atoms with Crippen molar-refractivity contribution in [2.24, 2.45) is 5.92 Å². The number of aromatic nitrogens is 2. The van der Waals surface area contributed by atoms with Crippen molar-refractivity contribution in [2.75, 3.05) is 19.6 Å². The fourth-order valence-electron chi connectivity index (χ4n) is 3.96. The molecular weight excluding hydrogens is 344 g/mol. The molecule has 0 aromatic carbocycles. The van der Waals surface area contributed by atoms with Crippen molar-refractivity contribution < 1.29 is 13.9 Å². The van der Waals surface area contributed by atoms with E-state index in [9.17, 15) is 4.79 Å². The van der Waals surface area contributed by atoms with E-state index in [0.717, 1.165) is 67.6 Å². The molecular formula is C20H26N4O3. The van der Waals surface area contributed by atoms with Crippen molar-refractivity contribution in [1.29, 1.82) is 0 Å². The summed E-state index contributed by atoms with van der Waals surface area (Å²) < 4.78 is 11.3. The van der Waals surface area contributed by atoms with E-state index in [1.54, 1.807) is 6.26 Å². The maximum absolute atomic E-state index is 12.4. The molecule has 27 heavy (non-hydrogen) atoms. The topological polar surface area (TPSA) is 80.5 Å². The highest BCUT2D eigenvalue weighted by atomic mass is 16.5. The minimum absolute atomic E-state index is 0.0775. The Morgan fingerprint density at radius 1 is 1.30 bits per heavy atom. The molecule has 2 aromatic rings. The van der Waals surface area contributed by atoms with Gasteiger partial charge in [0, 0.05) is 30.1 Å². The quantitative estimate of drug-likeness (QED) is 0.867. The van der Waals surface area contributed by atoms with Crippen molar-refractivity contribution in [3.05, 3.63) is 41.2 Å². The zero-order valence-corrected chi connectivity index (χ0v) is 15.9. The first-order valence-corrected chi connectivity index (χ1v) is 9.61. The van der Waals surface area contributed by atoms with Crippen LogP contribution in [-0.2, 0) is 17.8 Å². The number of aryl methyl sites for hydroxylation is 2. The zero-order chi connectivity index (χ0) is 18.8. The fourth-order valence-corrected chi connectivity index (χ4v) is 3.96. The van der Waals surface area contributed by atoms with Gasteiger partial charge < -0.3 is 14.5 Å². The molecule has 0 bridgehead atoms. The Hall–Kier alpha value is -2.41. The van der Waals surface area contributed by atoms with Crippen LogP contribution >= 0.6 is 0 Å². The van der Waals surface area contributed by atoms with Crippen LogP contribution in [-0.4, -0.2) is 46.5 Å². The molecule has 0 saturated carbocycles. The molecule has 2 aliphatic rings. The summed E-state index contributed by atoms with van der Waals surface area (Å²) in [5.41, 5.74) is 2.16. The molecule has 0 radical (unpaired) electrons. The molecule has 2 aliphatic heterocycles. The largest absolute Gasteiger partial charge is 0.472 e. The molecule has 7 nitrogen and oxygen atoms in total. The van der Waals surface area contributed by atoms with E-state index in [2.05, 4.69) is 20.2 Å². The van der Waals surface area contributed by atoms with E-state index in [0.29, 0.717) is 6.54 Å². The number of likely N-dealkylation sites (tertiary alicyclic amines) is 1. The lowest BCUT2D eigenvalue weighted by Gasteiger charge is -2.32. The smallest absolute Gasteiger partial charge is 0.223 e. The summed E-state index contributed by atoms with van der Waals surface area (Å²) in [6, 6.07) is 3.70. The van der Waals surface area contributed by atoms with Crippen LogP contribution in [0.5, 0.6) is 5.88 Å². The zero-order valence-electron chi connectivity index (χ0n) is 15.9. The molecule has 2 aromatic heterocycles. The molecule has 144 valence electrons. The SMILES string of the molecule is Cc1nc(C)c2c(n1)O[C@H](CN1CCC(C(=O)NCc3ccco3)CC1)C2. The van der Waals surface area contributed by atoms with Gasteiger partial charge in [-0.25, -0.2) is 4.98 Å². The summed E-state index contributed by atoms with van der Waals surface area (Å²) in [7, 11) is 0. The van der Waals surface area contributed by atoms with E-state index in [1.807, 2.05) is 26.0 Å². The third kappa shape index (κ3) is 4.13. The minimum atomic E-state index is 0.0775. The van der Waals surface area contributed by atoms with Crippen molar-refractivity contribution >= 4 is 5.91 Å². The van der Waals surface area contributed by atoms with Gasteiger partial charge in [-0.05, 0) is 51.9 Å². The minimum Gasteiger partial charge on any atom is -0.472 e. The van der Waals surface area contributed by atoms with E-state index in [4.69, 9.17) is 9.15 Å². The molecule has 1 saturated heterocycles. The number of nitrogens with zero attached hydrogens (tertiary/aromatic N) is 3. The second-order valence-electron chi connectivity index (χ2n) is 7.46. The standard InChI is InChI=1S/C20H26N4O3/c1-13-18-10-17(27-20(18)23-14(2)22-13)12-24-7-5-15(6-8-24)19(25)21-11-16-4-3-9-26-16/h3-4,9,15,17H,5-8,10-12H2,1-2H3,(H,21,25)/t17-/m0/s1. The Morgan fingerprint density at radius 3 is 2.85 bits per heavy atom. The average molecular weight is 370 g/mol. The number of ether oxygens (including phenoxy) is 1. The Labute approximate surface area is 159 Å². The van der Waals surface area contributed by atoms with Crippen LogP contribution in [0.25, 0.3) is 0 Å². The van der Waals surface area contributed by atoms with Crippen molar-refractivity contribution in [2.45, 2.75) is 45.8 Å². The van der Waals surface area contributed by atoms with Crippen molar-refractivity contribution in [3.63, 3.8) is 0 Å². The number of furan rings is 1. The summed E-state index contributed by atoms with van der Waals surface area (Å²) in [6.07, 6.45) is 4.37. The lowest BCUT2D eigenvalue weighted by Crippen LogP contribution is -2.43. The van der Waals surface area contributed by atoms with Gasteiger partial charge >= 0.3 is 0 Å². The van der Waals surface area contributed by atoms with Crippen LogP contribution in [0.4, 0.5) is 0 Å². The summed E-state index contributed by atoms with van der Waals surface area (Å²) in [6.45, 7) is 7.07. The van der Waals surface area contributed by atoms with Crippen molar-refractivity contribution in [3.8, 4) is 5.88 Å². The Balaban J connectivity index is 1.23. The number of hydrogen-bond acceptors (Lipinski definition) is 6. The lowest BCUT2D eigenvalue weighted by molar-refractivity contribution is -0.126. The highest BCUT2D eigenvalue weighted by Crippen LogP contribution is 2.29. The van der Waals surface area contributed by atoms with E-state index in [-0.39, 0.29) is 17.9 Å². The second kappa shape index (κ2) is 7.68. The number of nitrogens with one attached hydrogen (secondary N) is 1. The predicted octanol–water partition coefficient (Wildman–Crippen LogP) is 2.02. The molecule has 0 aliphatic carbocycles. The fraction of sp³-hybridized carbons (Fsp3) is 0.550. The van der Waals surface area contributed by atoms with Gasteiger partial charge in [-0.1, -0.05) is 0 Å². The monoisotopic (exact) mass is 370 g/mol. The molecule has 7 heteroatoms. The summed E-state index contributed by atoms with van der Waals surface area (Å²) in [5, 5.41) is 2.97. The summed E-state index contributed by atoms with van der Waals surface area (Å²) >= 11 is 0. The number of hydrogen-bond donors (Lipinski definition) is 1. The Kier molecular flexibility index (Phi) is 5.11. The van der Waals surface area contributed by atoms with Gasteiger partial charge in [0.15, 0.2) is 0 Å². The molecule has 1 fully saturated rings. The van der Waals surface area contributed by atoms with Crippen LogP contribution in [0, 0.1) is 19.8 Å². The normalized spacial score (nSPS) is 20.3. The lowest BCUT2D eigenvalue weighted by atomic mass is 9.95. The highest BCUT2D eigenvalue weighted by molar-refractivity contribution is 5.78. The molecule has 4 heterocycles. The van der Waals surface area contributed by atoms with E-state index >= 15 is 0 Å². The first-order valence-electron chi connectivity index (χ1n) is 9.61. The van der Waals surface area contributed by atoms with E-state index < -0.39 is 0 Å². The van der Waals surface area contributed by atoms with Gasteiger partial charge in [-0.2, -0.15) is 4.98 Å². The number of piperidine rings is 1. The average Bonchev–Trinajstić information content (AvgIpc) is 3.30. The molecule has 1 N–H and O–H groups in total. The Morgan fingerprint density at radius 2 is 2.11 bits per heavy atom. The number of fused-ring (bicyclic) bond motifs is 1. The molecule has 1 atom stereocenters. The first-order chi connectivity index (χ1) is 13.1. The molecule has 0 spiro atoms. The maximum atomic E-state index is 12.4. The molecule has 0 unspecified atom stereocenters. The summed E-state index contributed by atoms with van der Waals surface area (Å²) in [4.78, 5) is 23.6. The molecule has 4 rings (SSSR count). The van der Waals surface area contributed by atoms with E-state index in [1.165, 1.54) is 0 Å². The first kappa shape index (κ1) is 18.0. The van der Waals surface area contributed by atoms with Gasteiger partial charge in [0.2, 0.25) is 11.8 Å². The number of rotatable bonds is 5. The summed E-state index contributed by atoms with van der Waals surface area (Å²) in [5.74, 6) is 2.49. The van der Waals surface area contributed by atoms with Crippen molar-refractivity contribution in [1.82, 2.24) is 20.2 Å². The van der Waals surface area contributed by atoms with Crippen LogP contribution in [0.15, 0.2) is 22.8 Å². The number of carbonyl (C=O) groups is 1. The van der Waals surface area contributed by atoms with Gasteiger partial charge in [-0.15, -0.1) is 0 Å². The maximum Gasteiger partial charge on any atom is 0.223 e. The van der Waals surface area contributed by atoms with Crippen LogP contribution in [0.3, 0.4) is 0 Å². The predicted molar refractivity (Wildman–Crippen MR) is 99.3 cm³/mol. The second-order valence-corrected chi connectivity index (χ2v) is 7.46. The third-order valence-electron chi connectivity index (χ3n) is 5.43. The van der Waals surface area contributed by atoms with Gasteiger partial charge in [0.1, 0.15) is 17.7 Å². The molecule has 1 amide bonds. The van der Waals surface area contributed by atoms with Crippen LogP contribution < -0.4 is 10.1 Å². The van der Waals surface area contributed by atoms with Crippen LogP contribution in [0.1, 0.15) is 35.7 Å². The van der Waals surface area contributed by atoms with Gasteiger partial charge in [-0.3, -0.25) is 9.69 Å². The number of amides is 1. The van der Waals surface area contributed by atoms with Gasteiger partial charge in [0.25, 0.3) is 0 Å². The number of carbonyl (C=O) groups excluding carboxylic acids is 1. The van der Waals surface area contributed by atoms with Gasteiger partial charge in [0.05, 0.1) is 12.8 Å². The Bertz CT molecular complexity index is 798. The highest BCUT2D eigenvalue weighted by Gasteiger charge is 2.31. The van der Waals surface area contributed by atoms with Crippen LogP contribution in [0.2, 0.25) is 0 Å². The third-order valence-corrected chi connectivity index (χ3v) is 5.43.